The molecule has 0 saturated carbocycles. The van der Waals surface area contributed by atoms with E-state index >= 15 is 0 Å². The van der Waals surface area contributed by atoms with Crippen molar-refractivity contribution in [1.29, 1.82) is 0 Å². The maximum atomic E-state index is 5.11. The van der Waals surface area contributed by atoms with Crippen LogP contribution in [0.2, 0.25) is 0 Å². The van der Waals surface area contributed by atoms with Crippen molar-refractivity contribution >= 4 is 6.08 Å². The van der Waals surface area contributed by atoms with Crippen LogP contribution in [0.1, 0.15) is 5.82 Å². The molecule has 0 amide bonds. The van der Waals surface area contributed by atoms with Gasteiger partial charge in [0.25, 0.3) is 0 Å². The Kier molecular flexibility index (Phi) is 3.57. The Morgan fingerprint density at radius 3 is 2.56 bits per heavy atom. The second kappa shape index (κ2) is 5.31. The number of tetrazole rings is 1. The van der Waals surface area contributed by atoms with Gasteiger partial charge in [0, 0.05) is 26.4 Å². The molecule has 0 bridgehead atoms. The van der Waals surface area contributed by atoms with Crippen LogP contribution >= 0.6 is 0 Å². The lowest BCUT2D eigenvalue weighted by atomic mass is 10.3. The largest absolute Gasteiger partial charge is 0.497 e. The molecular weight excluding hydrogens is 230 g/mol. The van der Waals surface area contributed by atoms with Crippen LogP contribution < -0.4 is 4.74 Å². The highest BCUT2D eigenvalue weighted by Crippen LogP contribution is 2.15. The number of hydrogen-bond acceptors (Lipinski definition) is 5. The molecule has 0 aliphatic carbocycles. The molecule has 0 N–H and O–H groups in total. The maximum Gasteiger partial charge on any atom is 0.181 e. The molecule has 1 aromatic heterocycles. The van der Waals surface area contributed by atoms with Crippen molar-refractivity contribution in [3.05, 3.63) is 36.3 Å². The fourth-order valence-electron chi connectivity index (χ4n) is 1.42. The molecule has 0 atom stereocenters. The molecule has 18 heavy (non-hydrogen) atoms. The lowest BCUT2D eigenvalue weighted by Gasteiger charge is -2.05. The molecule has 0 unspecified atom stereocenters. The van der Waals surface area contributed by atoms with Crippen molar-refractivity contribution < 1.29 is 4.74 Å². The molecule has 0 saturated heterocycles. The zero-order chi connectivity index (χ0) is 13.0. The molecule has 6 nitrogen and oxygen atoms in total. The van der Waals surface area contributed by atoms with E-state index in [9.17, 15) is 0 Å². The zero-order valence-electron chi connectivity index (χ0n) is 10.6. The summed E-state index contributed by atoms with van der Waals surface area (Å²) in [6.45, 7) is 0. The summed E-state index contributed by atoms with van der Waals surface area (Å²) in [5.74, 6) is 1.48. The van der Waals surface area contributed by atoms with Crippen molar-refractivity contribution in [1.82, 2.24) is 25.1 Å². The fourth-order valence-corrected chi connectivity index (χ4v) is 1.42. The summed E-state index contributed by atoms with van der Waals surface area (Å²) in [6.07, 6.45) is 3.75. The van der Waals surface area contributed by atoms with Gasteiger partial charge in [-0.3, -0.25) is 0 Å². The van der Waals surface area contributed by atoms with Gasteiger partial charge >= 0.3 is 0 Å². The van der Waals surface area contributed by atoms with Gasteiger partial charge in [-0.2, -0.15) is 4.68 Å². The average molecular weight is 245 g/mol. The average Bonchev–Trinajstić information content (AvgIpc) is 2.85. The van der Waals surface area contributed by atoms with Gasteiger partial charge in [-0.1, -0.05) is 0 Å². The summed E-state index contributed by atoms with van der Waals surface area (Å²) in [5.41, 5.74) is 0.888. The Labute approximate surface area is 105 Å². The van der Waals surface area contributed by atoms with Crippen molar-refractivity contribution in [3.8, 4) is 11.4 Å². The van der Waals surface area contributed by atoms with E-state index in [0.29, 0.717) is 5.82 Å². The van der Waals surface area contributed by atoms with Gasteiger partial charge < -0.3 is 9.64 Å². The lowest BCUT2D eigenvalue weighted by Crippen LogP contribution is -2.03. The van der Waals surface area contributed by atoms with Gasteiger partial charge in [0.05, 0.1) is 12.8 Å². The molecular formula is C12H15N5O. The van der Waals surface area contributed by atoms with E-state index in [1.54, 1.807) is 11.8 Å². The van der Waals surface area contributed by atoms with Crippen LogP contribution in [0.15, 0.2) is 30.5 Å². The number of methoxy groups -OCH3 is 1. The molecule has 0 aliphatic heterocycles. The van der Waals surface area contributed by atoms with E-state index in [0.717, 1.165) is 11.4 Å². The Balaban J connectivity index is 2.30. The number of aromatic nitrogens is 4. The Hall–Kier alpha value is -2.37. The van der Waals surface area contributed by atoms with E-state index in [1.165, 1.54) is 0 Å². The van der Waals surface area contributed by atoms with Gasteiger partial charge in [-0.15, -0.1) is 5.10 Å². The van der Waals surface area contributed by atoms with Crippen LogP contribution in [-0.2, 0) is 0 Å². The normalized spacial score (nSPS) is 10.8. The van der Waals surface area contributed by atoms with Crippen LogP contribution in [0.3, 0.4) is 0 Å². The molecule has 0 aliphatic rings. The topological polar surface area (TPSA) is 56.1 Å². The first kappa shape index (κ1) is 12.1. The van der Waals surface area contributed by atoms with Crippen molar-refractivity contribution in [2.24, 2.45) is 0 Å². The van der Waals surface area contributed by atoms with Crippen molar-refractivity contribution in [3.63, 3.8) is 0 Å². The highest BCUT2D eigenvalue weighted by Gasteiger charge is 2.05. The SMILES string of the molecule is COc1ccc(-n2nnnc2C=CN(C)C)cc1. The summed E-state index contributed by atoms with van der Waals surface area (Å²) >= 11 is 0. The number of nitrogens with zero attached hydrogens (tertiary/aromatic N) is 5. The first-order chi connectivity index (χ1) is 8.70. The molecule has 1 aromatic carbocycles. The van der Waals surface area contributed by atoms with Crippen LogP contribution in [-0.4, -0.2) is 46.3 Å². The lowest BCUT2D eigenvalue weighted by molar-refractivity contribution is 0.414. The maximum absolute atomic E-state index is 5.11. The second-order valence-corrected chi connectivity index (χ2v) is 3.93. The van der Waals surface area contributed by atoms with Gasteiger partial charge in [0.15, 0.2) is 5.82 Å². The third-order valence-electron chi connectivity index (χ3n) is 2.33. The first-order valence-corrected chi connectivity index (χ1v) is 5.48. The Bertz CT molecular complexity index is 530. The Morgan fingerprint density at radius 2 is 1.94 bits per heavy atom. The fraction of sp³-hybridized carbons (Fsp3) is 0.250. The van der Waals surface area contributed by atoms with Crippen molar-refractivity contribution in [2.75, 3.05) is 21.2 Å². The van der Waals surface area contributed by atoms with Crippen LogP contribution in [0, 0.1) is 0 Å². The van der Waals surface area contributed by atoms with E-state index in [-0.39, 0.29) is 0 Å². The third kappa shape index (κ3) is 2.65. The van der Waals surface area contributed by atoms with E-state index in [2.05, 4.69) is 15.5 Å². The molecule has 0 fully saturated rings. The molecule has 0 spiro atoms. The summed E-state index contributed by atoms with van der Waals surface area (Å²) in [6, 6.07) is 7.55. The van der Waals surface area contributed by atoms with Crippen molar-refractivity contribution in [2.45, 2.75) is 0 Å². The monoisotopic (exact) mass is 245 g/mol. The summed E-state index contributed by atoms with van der Waals surface area (Å²) in [5, 5.41) is 11.6. The summed E-state index contributed by atoms with van der Waals surface area (Å²) < 4.78 is 6.78. The minimum absolute atomic E-state index is 0.675. The smallest absolute Gasteiger partial charge is 0.181 e. The van der Waals surface area contributed by atoms with E-state index in [1.807, 2.05) is 55.5 Å². The summed E-state index contributed by atoms with van der Waals surface area (Å²) in [4.78, 5) is 1.92. The third-order valence-corrected chi connectivity index (χ3v) is 2.33. The molecule has 2 aromatic rings. The molecule has 2 rings (SSSR count). The first-order valence-electron chi connectivity index (χ1n) is 5.48. The number of benzene rings is 1. The van der Waals surface area contributed by atoms with Gasteiger partial charge in [0.1, 0.15) is 5.75 Å². The Morgan fingerprint density at radius 1 is 1.22 bits per heavy atom. The standard InChI is InChI=1S/C12H15N5O/c1-16(2)9-8-12-13-14-15-17(12)10-4-6-11(18-3)7-5-10/h4-9H,1-3H3. The van der Waals surface area contributed by atoms with Crippen LogP contribution in [0.4, 0.5) is 0 Å². The molecule has 0 radical (unpaired) electrons. The van der Waals surface area contributed by atoms with Gasteiger partial charge in [0.2, 0.25) is 0 Å². The number of ether oxygens (including phenoxy) is 1. The quantitative estimate of drug-likeness (QED) is 0.810. The zero-order valence-corrected chi connectivity index (χ0v) is 10.6. The minimum atomic E-state index is 0.675. The second-order valence-electron chi connectivity index (χ2n) is 3.93. The van der Waals surface area contributed by atoms with Gasteiger partial charge in [-0.05, 0) is 34.7 Å². The van der Waals surface area contributed by atoms with E-state index < -0.39 is 0 Å². The van der Waals surface area contributed by atoms with Crippen LogP contribution in [0.25, 0.3) is 11.8 Å². The van der Waals surface area contributed by atoms with E-state index in [4.69, 9.17) is 4.74 Å². The number of hydrogen-bond donors (Lipinski definition) is 0. The minimum Gasteiger partial charge on any atom is -0.497 e. The van der Waals surface area contributed by atoms with Gasteiger partial charge in [-0.25, -0.2) is 0 Å². The predicted molar refractivity (Wildman–Crippen MR) is 68.4 cm³/mol. The highest BCUT2D eigenvalue weighted by atomic mass is 16.5. The number of rotatable bonds is 4. The summed E-state index contributed by atoms with van der Waals surface area (Å²) in [7, 11) is 5.52. The molecule has 94 valence electrons. The van der Waals surface area contributed by atoms with Crippen LogP contribution in [0.5, 0.6) is 5.75 Å². The highest BCUT2D eigenvalue weighted by molar-refractivity contribution is 5.45. The predicted octanol–water partition coefficient (Wildman–Crippen LogP) is 1.20. The molecule has 1 heterocycles. The molecule has 6 heteroatoms.